The van der Waals surface area contributed by atoms with Crippen LogP contribution in [0.3, 0.4) is 0 Å². The second kappa shape index (κ2) is 6.01. The second-order valence-electron chi connectivity index (χ2n) is 5.35. The van der Waals surface area contributed by atoms with Gasteiger partial charge in [0.25, 0.3) is 0 Å². The van der Waals surface area contributed by atoms with Gasteiger partial charge in [0.15, 0.2) is 9.84 Å². The maximum absolute atomic E-state index is 11.5. The number of rotatable bonds is 6. The monoisotopic (exact) mass is 298 g/mol. The zero-order valence-electron chi connectivity index (χ0n) is 11.7. The highest BCUT2D eigenvalue weighted by atomic mass is 32.2. The molecular formula is C14H22N2O3S. The molecule has 0 saturated heterocycles. The highest BCUT2D eigenvalue weighted by Crippen LogP contribution is 2.34. The minimum absolute atomic E-state index is 0.143. The van der Waals surface area contributed by atoms with E-state index in [0.29, 0.717) is 18.2 Å². The number of sulfone groups is 1. The van der Waals surface area contributed by atoms with Crippen LogP contribution >= 0.6 is 0 Å². The number of aliphatic hydroxyl groups is 1. The average molecular weight is 298 g/mol. The molecule has 0 unspecified atom stereocenters. The number of hydrogen-bond donors (Lipinski definition) is 2. The summed E-state index contributed by atoms with van der Waals surface area (Å²) in [5.41, 5.74) is 7.39. The Morgan fingerprint density at radius 3 is 2.55 bits per heavy atom. The summed E-state index contributed by atoms with van der Waals surface area (Å²) in [6.07, 6.45) is 5.32. The summed E-state index contributed by atoms with van der Waals surface area (Å²) in [6.45, 7) is 0.883. The van der Waals surface area contributed by atoms with Crippen LogP contribution in [-0.4, -0.2) is 39.0 Å². The Bertz CT molecular complexity index is 568. The van der Waals surface area contributed by atoms with Crippen molar-refractivity contribution in [1.29, 1.82) is 0 Å². The van der Waals surface area contributed by atoms with Crippen molar-refractivity contribution in [2.75, 3.05) is 30.0 Å². The number of anilines is 2. The van der Waals surface area contributed by atoms with Gasteiger partial charge >= 0.3 is 0 Å². The Hall–Kier alpha value is -1.27. The fourth-order valence-corrected chi connectivity index (χ4v) is 3.12. The van der Waals surface area contributed by atoms with Crippen LogP contribution in [0, 0.1) is 0 Å². The lowest BCUT2D eigenvalue weighted by molar-refractivity contribution is 0.283. The maximum Gasteiger partial charge on any atom is 0.175 e. The maximum atomic E-state index is 11.5. The van der Waals surface area contributed by atoms with Crippen molar-refractivity contribution in [2.45, 2.75) is 36.6 Å². The zero-order valence-corrected chi connectivity index (χ0v) is 12.6. The van der Waals surface area contributed by atoms with E-state index in [1.54, 1.807) is 12.1 Å². The van der Waals surface area contributed by atoms with Crippen LogP contribution in [0.1, 0.15) is 25.7 Å². The van der Waals surface area contributed by atoms with E-state index in [4.69, 9.17) is 10.8 Å². The van der Waals surface area contributed by atoms with Crippen molar-refractivity contribution < 1.29 is 13.5 Å². The van der Waals surface area contributed by atoms with Crippen LogP contribution in [0.15, 0.2) is 23.1 Å². The van der Waals surface area contributed by atoms with Crippen LogP contribution < -0.4 is 10.6 Å². The Kier molecular flexibility index (Phi) is 4.55. The van der Waals surface area contributed by atoms with E-state index in [0.717, 1.165) is 25.1 Å². The molecule has 5 nitrogen and oxygen atoms in total. The van der Waals surface area contributed by atoms with Crippen LogP contribution in [0.4, 0.5) is 11.4 Å². The van der Waals surface area contributed by atoms with Gasteiger partial charge in [-0.25, -0.2) is 8.42 Å². The quantitative estimate of drug-likeness (QED) is 0.776. The molecule has 0 atom stereocenters. The highest BCUT2D eigenvalue weighted by Gasteiger charge is 2.26. The van der Waals surface area contributed by atoms with Gasteiger partial charge in [-0.3, -0.25) is 0 Å². The first-order chi connectivity index (χ1) is 9.43. The summed E-state index contributed by atoms with van der Waals surface area (Å²) in [5, 5.41) is 9.02. The fraction of sp³-hybridized carbons (Fsp3) is 0.571. The molecule has 1 fully saturated rings. The zero-order chi connectivity index (χ0) is 14.8. The van der Waals surface area contributed by atoms with Crippen LogP contribution in [0.25, 0.3) is 0 Å². The summed E-state index contributed by atoms with van der Waals surface area (Å²) < 4.78 is 23.1. The normalized spacial score (nSPS) is 15.9. The van der Waals surface area contributed by atoms with Crippen LogP contribution in [0.5, 0.6) is 0 Å². The third kappa shape index (κ3) is 3.24. The lowest BCUT2D eigenvalue weighted by Crippen LogP contribution is -2.41. The number of nitrogens with two attached hydrogens (primary N) is 1. The molecule has 0 bridgehead atoms. The van der Waals surface area contributed by atoms with Gasteiger partial charge in [0.05, 0.1) is 16.3 Å². The molecule has 1 aliphatic rings. The summed E-state index contributed by atoms with van der Waals surface area (Å²) in [4.78, 5) is 2.44. The van der Waals surface area contributed by atoms with Crippen molar-refractivity contribution in [2.24, 2.45) is 0 Å². The molecule has 0 aliphatic heterocycles. The Balaban J connectivity index is 2.28. The molecule has 1 saturated carbocycles. The SMILES string of the molecule is CS(=O)(=O)c1ccc(N(CCCO)C2CCC2)c(N)c1. The third-order valence-electron chi connectivity index (χ3n) is 3.81. The molecular weight excluding hydrogens is 276 g/mol. The molecule has 3 N–H and O–H groups in total. The predicted molar refractivity (Wildman–Crippen MR) is 80.7 cm³/mol. The van der Waals surface area contributed by atoms with E-state index in [2.05, 4.69) is 4.90 Å². The Morgan fingerprint density at radius 1 is 1.40 bits per heavy atom. The van der Waals surface area contributed by atoms with Crippen LogP contribution in [-0.2, 0) is 9.84 Å². The molecule has 0 spiro atoms. The number of aliphatic hydroxyl groups excluding tert-OH is 1. The topological polar surface area (TPSA) is 83.6 Å². The molecule has 0 heterocycles. The molecule has 0 amide bonds. The van der Waals surface area contributed by atoms with Crippen molar-refractivity contribution in [3.8, 4) is 0 Å². The van der Waals surface area contributed by atoms with Gasteiger partial charge in [0.1, 0.15) is 0 Å². The number of nitrogens with zero attached hydrogens (tertiary/aromatic N) is 1. The van der Waals surface area contributed by atoms with Gasteiger partial charge in [-0.2, -0.15) is 0 Å². The number of nitrogen functional groups attached to an aromatic ring is 1. The molecule has 2 rings (SSSR count). The molecule has 1 aromatic carbocycles. The number of hydrogen-bond acceptors (Lipinski definition) is 5. The Morgan fingerprint density at radius 2 is 2.10 bits per heavy atom. The average Bonchev–Trinajstić information content (AvgIpc) is 2.31. The van der Waals surface area contributed by atoms with E-state index < -0.39 is 9.84 Å². The smallest absolute Gasteiger partial charge is 0.175 e. The van der Waals surface area contributed by atoms with Crippen molar-refractivity contribution in [3.63, 3.8) is 0 Å². The Labute approximate surface area is 120 Å². The van der Waals surface area contributed by atoms with Crippen molar-refractivity contribution >= 4 is 21.2 Å². The molecule has 1 aliphatic carbocycles. The number of benzene rings is 1. The highest BCUT2D eigenvalue weighted by molar-refractivity contribution is 7.90. The van der Waals surface area contributed by atoms with Gasteiger partial charge in [-0.1, -0.05) is 0 Å². The molecule has 6 heteroatoms. The van der Waals surface area contributed by atoms with Gasteiger partial charge in [-0.15, -0.1) is 0 Å². The minimum atomic E-state index is -3.24. The first-order valence-corrected chi connectivity index (χ1v) is 8.79. The van der Waals surface area contributed by atoms with Crippen molar-refractivity contribution in [3.05, 3.63) is 18.2 Å². The van der Waals surface area contributed by atoms with Crippen LogP contribution in [0.2, 0.25) is 0 Å². The predicted octanol–water partition coefficient (Wildman–Crippen LogP) is 1.41. The van der Waals surface area contributed by atoms with E-state index >= 15 is 0 Å². The first kappa shape index (κ1) is 15.1. The summed E-state index contributed by atoms with van der Waals surface area (Å²) in [6, 6.07) is 5.36. The summed E-state index contributed by atoms with van der Waals surface area (Å²) in [7, 11) is -3.24. The van der Waals surface area contributed by atoms with Gasteiger partial charge in [0.2, 0.25) is 0 Å². The van der Waals surface area contributed by atoms with E-state index in [-0.39, 0.29) is 11.5 Å². The van der Waals surface area contributed by atoms with Gasteiger partial charge in [0, 0.05) is 25.4 Å². The molecule has 112 valence electrons. The fourth-order valence-electron chi connectivity index (χ4n) is 2.46. The molecule has 20 heavy (non-hydrogen) atoms. The van der Waals surface area contributed by atoms with Gasteiger partial charge < -0.3 is 15.7 Å². The molecule has 0 aromatic heterocycles. The lowest BCUT2D eigenvalue weighted by Gasteiger charge is -2.40. The minimum Gasteiger partial charge on any atom is -0.397 e. The van der Waals surface area contributed by atoms with Crippen molar-refractivity contribution in [1.82, 2.24) is 0 Å². The largest absolute Gasteiger partial charge is 0.397 e. The van der Waals surface area contributed by atoms with E-state index in [1.807, 2.05) is 0 Å². The first-order valence-electron chi connectivity index (χ1n) is 6.90. The molecule has 0 radical (unpaired) electrons. The van der Waals surface area contributed by atoms with E-state index in [9.17, 15) is 8.42 Å². The molecule has 1 aromatic rings. The summed E-state index contributed by atoms with van der Waals surface area (Å²) in [5.74, 6) is 0. The standard InChI is InChI=1S/C14H22N2O3S/c1-20(18,19)12-6-7-14(13(15)10-12)16(8-3-9-17)11-4-2-5-11/h6-7,10-11,17H,2-5,8-9,15H2,1H3. The lowest BCUT2D eigenvalue weighted by atomic mass is 9.90. The second-order valence-corrected chi connectivity index (χ2v) is 7.36. The summed E-state index contributed by atoms with van der Waals surface area (Å²) >= 11 is 0. The van der Waals surface area contributed by atoms with Gasteiger partial charge in [-0.05, 0) is 43.9 Å². The van der Waals surface area contributed by atoms with E-state index in [1.165, 1.54) is 18.7 Å². The third-order valence-corrected chi connectivity index (χ3v) is 4.92.